The Hall–Kier alpha value is -4.04. The lowest BCUT2D eigenvalue weighted by molar-refractivity contribution is -0.148. The minimum absolute atomic E-state index is 0.0235. The molecule has 1 aromatic carbocycles. The number of ether oxygens (including phenoxy) is 1. The summed E-state index contributed by atoms with van der Waals surface area (Å²) in [7, 11) is 0. The Morgan fingerprint density at radius 3 is 2.67 bits per heavy atom. The summed E-state index contributed by atoms with van der Waals surface area (Å²) in [5.74, 6) is -1.96. The maximum absolute atomic E-state index is 13.8. The van der Waals surface area contributed by atoms with Crippen molar-refractivity contribution < 1.29 is 28.2 Å². The van der Waals surface area contributed by atoms with Crippen LogP contribution in [0.4, 0.5) is 14.6 Å². The molecule has 1 saturated heterocycles. The number of anilines is 1. The van der Waals surface area contributed by atoms with Crippen LogP contribution in [-0.4, -0.2) is 82.7 Å². The van der Waals surface area contributed by atoms with E-state index in [0.717, 1.165) is 12.1 Å². The average Bonchev–Trinajstić information content (AvgIpc) is 3.39. The lowest BCUT2D eigenvalue weighted by Gasteiger charge is -2.49. The molecule has 12 nitrogen and oxygen atoms in total. The number of amides is 2. The molecular formula is C26H30F2N8O4. The number of rotatable bonds is 6. The van der Waals surface area contributed by atoms with E-state index in [1.165, 1.54) is 18.7 Å². The average molecular weight is 557 g/mol. The number of carbonyl (C=O) groups is 2. The second-order valence-electron chi connectivity index (χ2n) is 10.6. The molecular weight excluding hydrogens is 526 g/mol. The van der Waals surface area contributed by atoms with Gasteiger partial charge in [0, 0.05) is 25.7 Å². The van der Waals surface area contributed by atoms with E-state index in [0.29, 0.717) is 38.1 Å². The van der Waals surface area contributed by atoms with Crippen molar-refractivity contribution in [1.29, 1.82) is 0 Å². The van der Waals surface area contributed by atoms with Crippen LogP contribution in [0.2, 0.25) is 0 Å². The summed E-state index contributed by atoms with van der Waals surface area (Å²) in [6.45, 7) is 7.41. The number of halogens is 2. The first-order valence-electron chi connectivity index (χ1n) is 12.9. The third kappa shape index (κ3) is 5.63. The second-order valence-corrected chi connectivity index (χ2v) is 10.6. The molecule has 2 unspecified atom stereocenters. The van der Waals surface area contributed by atoms with Crippen LogP contribution >= 0.6 is 0 Å². The first-order valence-corrected chi connectivity index (χ1v) is 12.9. The minimum atomic E-state index is -0.876. The number of aromatic nitrogens is 5. The second kappa shape index (κ2) is 10.8. The van der Waals surface area contributed by atoms with Gasteiger partial charge in [-0.1, -0.05) is 0 Å². The summed E-state index contributed by atoms with van der Waals surface area (Å²) in [6, 6.07) is 2.37. The standard InChI is InChI=1S/C26H30F2N8O4/c1-15(24(38)33-21-10-30-22(11-29-21)40-20-5-4-17(27)9-18(20)28)34-6-7-35(26(2,3)13-34)25(39)16-8-19(37)23-31-14-32-36(23)12-16/h4-5,9-11,14-16,19,37H,6-8,12-13H2,1-3H3,(H,29,33,38)/t15-,16?,19?/m0/s1. The van der Waals surface area contributed by atoms with Crippen molar-refractivity contribution in [2.45, 2.75) is 51.4 Å². The van der Waals surface area contributed by atoms with Gasteiger partial charge in [-0.2, -0.15) is 5.10 Å². The zero-order chi connectivity index (χ0) is 28.6. The first-order chi connectivity index (χ1) is 19.0. The van der Waals surface area contributed by atoms with Gasteiger partial charge in [0.2, 0.25) is 17.7 Å². The van der Waals surface area contributed by atoms with E-state index in [2.05, 4.69) is 25.4 Å². The normalized spacial score (nSPS) is 21.4. The number of hydrogen-bond donors (Lipinski definition) is 2. The van der Waals surface area contributed by atoms with Gasteiger partial charge in [0.05, 0.1) is 36.4 Å². The fourth-order valence-corrected chi connectivity index (χ4v) is 5.16. The molecule has 212 valence electrons. The molecule has 5 rings (SSSR count). The quantitative estimate of drug-likeness (QED) is 0.468. The van der Waals surface area contributed by atoms with Gasteiger partial charge < -0.3 is 20.1 Å². The molecule has 0 radical (unpaired) electrons. The SMILES string of the molecule is C[C@@H](C(=O)Nc1cnc(Oc2ccc(F)cc2F)cn1)N1CCN(C(=O)C2CC(O)c3ncnn3C2)C(C)(C)C1. The van der Waals surface area contributed by atoms with Gasteiger partial charge in [0.15, 0.2) is 23.2 Å². The number of nitrogens with zero attached hydrogens (tertiary/aromatic N) is 7. The van der Waals surface area contributed by atoms with Crippen molar-refractivity contribution in [3.63, 3.8) is 0 Å². The van der Waals surface area contributed by atoms with Gasteiger partial charge in [0.1, 0.15) is 18.2 Å². The number of piperazine rings is 1. The number of fused-ring (bicyclic) bond motifs is 1. The fourth-order valence-electron chi connectivity index (χ4n) is 5.16. The van der Waals surface area contributed by atoms with Gasteiger partial charge in [-0.25, -0.2) is 28.4 Å². The summed E-state index contributed by atoms with van der Waals surface area (Å²) in [6.07, 6.45) is 3.33. The summed E-state index contributed by atoms with van der Waals surface area (Å²) >= 11 is 0. The van der Waals surface area contributed by atoms with Gasteiger partial charge in [-0.15, -0.1) is 0 Å². The third-order valence-corrected chi connectivity index (χ3v) is 7.31. The predicted octanol–water partition coefficient (Wildman–Crippen LogP) is 2.14. The Morgan fingerprint density at radius 2 is 1.98 bits per heavy atom. The Bertz CT molecular complexity index is 1400. The minimum Gasteiger partial charge on any atom is -0.434 e. The Balaban J connectivity index is 1.17. The van der Waals surface area contributed by atoms with Crippen LogP contribution in [-0.2, 0) is 16.1 Å². The first kappa shape index (κ1) is 27.5. The van der Waals surface area contributed by atoms with Crippen molar-refractivity contribution in [3.05, 3.63) is 54.4 Å². The van der Waals surface area contributed by atoms with E-state index >= 15 is 0 Å². The Labute approximate surface area is 229 Å². The van der Waals surface area contributed by atoms with Crippen molar-refractivity contribution in [2.75, 3.05) is 25.0 Å². The number of aliphatic hydroxyl groups excluding tert-OH is 1. The van der Waals surface area contributed by atoms with Crippen molar-refractivity contribution in [3.8, 4) is 11.6 Å². The highest BCUT2D eigenvalue weighted by Crippen LogP contribution is 2.32. The van der Waals surface area contributed by atoms with E-state index in [-0.39, 0.29) is 35.7 Å². The molecule has 3 atom stereocenters. The molecule has 0 aliphatic carbocycles. The molecule has 0 saturated carbocycles. The summed E-state index contributed by atoms with van der Waals surface area (Å²) in [5.41, 5.74) is -0.564. The van der Waals surface area contributed by atoms with Crippen molar-refractivity contribution in [1.82, 2.24) is 34.5 Å². The summed E-state index contributed by atoms with van der Waals surface area (Å²) in [5, 5.41) is 17.2. The van der Waals surface area contributed by atoms with Crippen LogP contribution in [0.1, 0.15) is 39.1 Å². The van der Waals surface area contributed by atoms with Crippen molar-refractivity contribution in [2.24, 2.45) is 5.92 Å². The third-order valence-electron chi connectivity index (χ3n) is 7.31. The number of carbonyl (C=O) groups excluding carboxylic acids is 2. The molecule has 14 heteroatoms. The maximum Gasteiger partial charge on any atom is 0.242 e. The van der Waals surface area contributed by atoms with E-state index < -0.39 is 35.2 Å². The molecule has 2 aromatic heterocycles. The number of benzene rings is 1. The molecule has 2 aliphatic heterocycles. The molecule has 0 bridgehead atoms. The van der Waals surface area contributed by atoms with Crippen LogP contribution < -0.4 is 10.1 Å². The van der Waals surface area contributed by atoms with Crippen LogP contribution in [0, 0.1) is 17.6 Å². The molecule has 1 fully saturated rings. The Morgan fingerprint density at radius 1 is 1.18 bits per heavy atom. The van der Waals surface area contributed by atoms with Crippen LogP contribution in [0.5, 0.6) is 11.6 Å². The topological polar surface area (TPSA) is 139 Å². The Kier molecular flexibility index (Phi) is 7.47. The summed E-state index contributed by atoms with van der Waals surface area (Å²) < 4.78 is 33.8. The van der Waals surface area contributed by atoms with E-state index in [1.54, 1.807) is 11.6 Å². The zero-order valence-corrected chi connectivity index (χ0v) is 22.3. The number of aliphatic hydroxyl groups is 1. The predicted molar refractivity (Wildman–Crippen MR) is 137 cm³/mol. The highest BCUT2D eigenvalue weighted by molar-refractivity contribution is 5.93. The number of nitrogens with one attached hydrogen (secondary N) is 1. The van der Waals surface area contributed by atoms with E-state index in [9.17, 15) is 23.5 Å². The maximum atomic E-state index is 13.8. The molecule has 40 heavy (non-hydrogen) atoms. The van der Waals surface area contributed by atoms with Gasteiger partial charge in [-0.3, -0.25) is 14.5 Å². The molecule has 2 aliphatic rings. The molecule has 4 heterocycles. The molecule has 3 aromatic rings. The van der Waals surface area contributed by atoms with Gasteiger partial charge in [0.25, 0.3) is 0 Å². The smallest absolute Gasteiger partial charge is 0.242 e. The lowest BCUT2D eigenvalue weighted by atomic mass is 9.91. The van der Waals surface area contributed by atoms with Gasteiger partial charge in [-0.05, 0) is 39.3 Å². The van der Waals surface area contributed by atoms with Gasteiger partial charge >= 0.3 is 0 Å². The monoisotopic (exact) mass is 556 g/mol. The van der Waals surface area contributed by atoms with Crippen molar-refractivity contribution >= 4 is 17.6 Å². The fraction of sp³-hybridized carbons (Fsp3) is 0.462. The number of hydrogen-bond acceptors (Lipinski definition) is 9. The largest absolute Gasteiger partial charge is 0.434 e. The highest BCUT2D eigenvalue weighted by Gasteiger charge is 2.43. The van der Waals surface area contributed by atoms with Crippen LogP contribution in [0.15, 0.2) is 36.9 Å². The van der Waals surface area contributed by atoms with Crippen LogP contribution in [0.25, 0.3) is 0 Å². The zero-order valence-electron chi connectivity index (χ0n) is 22.3. The lowest BCUT2D eigenvalue weighted by Crippen LogP contribution is -2.64. The molecule has 0 spiro atoms. The highest BCUT2D eigenvalue weighted by atomic mass is 19.1. The molecule has 2 amide bonds. The summed E-state index contributed by atoms with van der Waals surface area (Å²) in [4.78, 5) is 42.5. The van der Waals surface area contributed by atoms with Crippen LogP contribution in [0.3, 0.4) is 0 Å². The van der Waals surface area contributed by atoms with E-state index in [4.69, 9.17) is 4.74 Å². The van der Waals surface area contributed by atoms with E-state index in [1.807, 2.05) is 23.6 Å². The molecule has 2 N–H and O–H groups in total.